The monoisotopic (exact) mass is 311 g/mol. The van der Waals surface area contributed by atoms with Crippen molar-refractivity contribution in [2.45, 2.75) is 52.2 Å². The standard InChI is InChI=1S/C15H29NO2Si2/c1-12(15(17)18-2)14-11-13(19(3,4)5)9-10-16(14)20(6,7)8/h9-12,14H,1-8H3. The zero-order valence-corrected chi connectivity index (χ0v) is 16.2. The topological polar surface area (TPSA) is 29.5 Å². The van der Waals surface area contributed by atoms with Crippen molar-refractivity contribution in [1.29, 1.82) is 0 Å². The molecular weight excluding hydrogens is 282 g/mol. The molecule has 0 aromatic carbocycles. The summed E-state index contributed by atoms with van der Waals surface area (Å²) in [5.41, 5.74) is 0. The Bertz CT molecular complexity index is 430. The number of hydrogen-bond donors (Lipinski definition) is 0. The lowest BCUT2D eigenvalue weighted by molar-refractivity contribution is -0.145. The van der Waals surface area contributed by atoms with Crippen LogP contribution in [0, 0.1) is 5.92 Å². The van der Waals surface area contributed by atoms with E-state index >= 15 is 0 Å². The molecule has 0 spiro atoms. The second-order valence-electron chi connectivity index (χ2n) is 7.57. The molecule has 0 saturated carbocycles. The first-order chi connectivity index (χ1) is 8.98. The fourth-order valence-electron chi connectivity index (χ4n) is 2.46. The average Bonchev–Trinajstić information content (AvgIpc) is 2.34. The van der Waals surface area contributed by atoms with Gasteiger partial charge in [-0.3, -0.25) is 4.79 Å². The highest BCUT2D eigenvalue weighted by Gasteiger charge is 2.36. The predicted molar refractivity (Wildman–Crippen MR) is 90.7 cm³/mol. The smallest absolute Gasteiger partial charge is 0.310 e. The average molecular weight is 312 g/mol. The molecule has 5 heteroatoms. The number of nitrogens with zero attached hydrogens (tertiary/aromatic N) is 1. The van der Waals surface area contributed by atoms with E-state index in [1.165, 1.54) is 12.3 Å². The maximum Gasteiger partial charge on any atom is 0.310 e. The zero-order chi connectivity index (χ0) is 15.7. The third-order valence-corrected chi connectivity index (χ3v) is 7.87. The quantitative estimate of drug-likeness (QED) is 0.586. The van der Waals surface area contributed by atoms with Gasteiger partial charge >= 0.3 is 5.97 Å². The van der Waals surface area contributed by atoms with Gasteiger partial charge in [0.15, 0.2) is 0 Å². The maximum absolute atomic E-state index is 12.0. The van der Waals surface area contributed by atoms with Crippen molar-refractivity contribution in [1.82, 2.24) is 4.57 Å². The Balaban J connectivity index is 3.18. The van der Waals surface area contributed by atoms with E-state index in [9.17, 15) is 4.79 Å². The fourth-order valence-corrected chi connectivity index (χ4v) is 5.42. The van der Waals surface area contributed by atoms with Gasteiger partial charge in [0.2, 0.25) is 0 Å². The molecule has 0 aromatic heterocycles. The number of carbonyl (C=O) groups is 1. The molecule has 1 aliphatic heterocycles. The minimum atomic E-state index is -1.52. The van der Waals surface area contributed by atoms with E-state index in [-0.39, 0.29) is 17.9 Å². The molecule has 0 radical (unpaired) electrons. The lowest BCUT2D eigenvalue weighted by Gasteiger charge is -2.44. The van der Waals surface area contributed by atoms with Crippen molar-refractivity contribution >= 4 is 22.3 Å². The third kappa shape index (κ3) is 3.85. The van der Waals surface area contributed by atoms with Crippen molar-refractivity contribution in [3.63, 3.8) is 0 Å². The number of hydrogen-bond acceptors (Lipinski definition) is 3. The van der Waals surface area contributed by atoms with Crippen molar-refractivity contribution in [3.05, 3.63) is 23.5 Å². The predicted octanol–water partition coefficient (Wildman–Crippen LogP) is 3.63. The van der Waals surface area contributed by atoms with Gasteiger partial charge in [-0.2, -0.15) is 0 Å². The van der Waals surface area contributed by atoms with Gasteiger partial charge in [-0.15, -0.1) is 0 Å². The van der Waals surface area contributed by atoms with Gasteiger partial charge in [0.25, 0.3) is 0 Å². The summed E-state index contributed by atoms with van der Waals surface area (Å²) in [7, 11) is -1.41. The Morgan fingerprint density at radius 3 is 2.20 bits per heavy atom. The molecule has 2 unspecified atom stereocenters. The maximum atomic E-state index is 12.0. The largest absolute Gasteiger partial charge is 0.469 e. The van der Waals surface area contributed by atoms with E-state index < -0.39 is 16.3 Å². The Labute approximate surface area is 125 Å². The van der Waals surface area contributed by atoms with E-state index in [1.54, 1.807) is 0 Å². The highest BCUT2D eigenvalue weighted by Crippen LogP contribution is 2.30. The molecular formula is C15H29NO2Si2. The Kier molecular flexibility index (Phi) is 5.08. The lowest BCUT2D eigenvalue weighted by Crippen LogP contribution is -2.53. The molecule has 114 valence electrons. The van der Waals surface area contributed by atoms with Gasteiger partial charge in [0.05, 0.1) is 27.1 Å². The van der Waals surface area contributed by atoms with Crippen LogP contribution in [0.4, 0.5) is 0 Å². The van der Waals surface area contributed by atoms with Crippen LogP contribution in [-0.4, -0.2) is 40.0 Å². The summed E-state index contributed by atoms with van der Waals surface area (Å²) in [6.07, 6.45) is 6.78. The van der Waals surface area contributed by atoms with Crippen LogP contribution in [0.1, 0.15) is 6.92 Å². The molecule has 1 aliphatic rings. The highest BCUT2D eigenvalue weighted by atomic mass is 28.3. The van der Waals surface area contributed by atoms with E-state index in [0.29, 0.717) is 0 Å². The molecule has 20 heavy (non-hydrogen) atoms. The van der Waals surface area contributed by atoms with Crippen LogP contribution < -0.4 is 0 Å². The van der Waals surface area contributed by atoms with Gasteiger partial charge < -0.3 is 9.30 Å². The number of esters is 1. The number of allylic oxidation sites excluding steroid dienone is 2. The molecule has 0 fully saturated rings. The van der Waals surface area contributed by atoms with Crippen LogP contribution in [0.25, 0.3) is 0 Å². The summed E-state index contributed by atoms with van der Waals surface area (Å²) in [5.74, 6) is -0.261. The zero-order valence-electron chi connectivity index (χ0n) is 14.2. The SMILES string of the molecule is COC(=O)C(C)C1C=C([Si](C)(C)C)C=CN1[Si](C)(C)C. The Morgan fingerprint density at radius 2 is 1.80 bits per heavy atom. The third-order valence-electron chi connectivity index (χ3n) is 3.81. The van der Waals surface area contributed by atoms with Crippen LogP contribution in [0.2, 0.25) is 39.3 Å². The molecule has 1 rings (SSSR count). The van der Waals surface area contributed by atoms with Gasteiger partial charge in [-0.25, -0.2) is 0 Å². The van der Waals surface area contributed by atoms with Crippen molar-refractivity contribution in [2.75, 3.05) is 7.11 Å². The molecule has 3 nitrogen and oxygen atoms in total. The molecule has 0 N–H and O–H groups in total. The summed E-state index contributed by atoms with van der Waals surface area (Å²) in [4.78, 5) is 12.0. The number of methoxy groups -OCH3 is 1. The van der Waals surface area contributed by atoms with Crippen molar-refractivity contribution < 1.29 is 9.53 Å². The van der Waals surface area contributed by atoms with Crippen LogP contribution in [0.15, 0.2) is 23.5 Å². The fraction of sp³-hybridized carbons (Fsp3) is 0.667. The normalized spacial score (nSPS) is 21.5. The van der Waals surface area contributed by atoms with Crippen LogP contribution in [0.3, 0.4) is 0 Å². The second kappa shape index (κ2) is 5.89. The number of ether oxygens (including phenoxy) is 1. The summed E-state index contributed by atoms with van der Waals surface area (Å²) < 4.78 is 7.36. The molecule has 0 aliphatic carbocycles. The number of carbonyl (C=O) groups excluding carboxylic acids is 1. The molecule has 1 heterocycles. The summed E-state index contributed by atoms with van der Waals surface area (Å²) >= 11 is 0. The van der Waals surface area contributed by atoms with Gasteiger partial charge in [0, 0.05) is 0 Å². The number of rotatable bonds is 4. The molecule has 0 bridgehead atoms. The minimum Gasteiger partial charge on any atom is -0.469 e. The van der Waals surface area contributed by atoms with Crippen LogP contribution in [0.5, 0.6) is 0 Å². The lowest BCUT2D eigenvalue weighted by atomic mass is 10.0. The van der Waals surface area contributed by atoms with Gasteiger partial charge in [-0.05, 0) is 19.2 Å². The highest BCUT2D eigenvalue weighted by molar-refractivity contribution is 6.83. The van der Waals surface area contributed by atoms with Crippen molar-refractivity contribution in [2.24, 2.45) is 5.92 Å². The van der Waals surface area contributed by atoms with E-state index in [1.807, 2.05) is 6.92 Å². The minimum absolute atomic E-state index is 0.125. The molecule has 0 amide bonds. The summed E-state index contributed by atoms with van der Waals surface area (Å²) in [6.45, 7) is 15.9. The molecule has 0 aromatic rings. The van der Waals surface area contributed by atoms with E-state index in [2.05, 4.69) is 62.2 Å². The van der Waals surface area contributed by atoms with Crippen molar-refractivity contribution in [3.8, 4) is 0 Å². The first kappa shape index (κ1) is 17.2. The van der Waals surface area contributed by atoms with Gasteiger partial charge in [0.1, 0.15) is 8.24 Å². The Morgan fingerprint density at radius 1 is 1.25 bits per heavy atom. The van der Waals surface area contributed by atoms with Crippen LogP contribution >= 0.6 is 0 Å². The first-order valence-electron chi connectivity index (χ1n) is 7.25. The summed E-state index contributed by atoms with van der Waals surface area (Å²) in [6, 6.07) is 0.126. The first-order valence-corrected chi connectivity index (χ1v) is 14.2. The Hall–Kier alpha value is -0.816. The summed E-state index contributed by atoms with van der Waals surface area (Å²) in [5, 5.41) is 1.42. The second-order valence-corrected chi connectivity index (χ2v) is 17.5. The van der Waals surface area contributed by atoms with E-state index in [0.717, 1.165) is 0 Å². The van der Waals surface area contributed by atoms with Gasteiger partial charge in [-0.1, -0.05) is 50.6 Å². The van der Waals surface area contributed by atoms with E-state index in [4.69, 9.17) is 4.74 Å². The molecule has 2 atom stereocenters. The molecule has 0 saturated heterocycles. The van der Waals surface area contributed by atoms with Crippen LogP contribution in [-0.2, 0) is 9.53 Å².